The van der Waals surface area contributed by atoms with Crippen LogP contribution in [0.4, 0.5) is 22.5 Å². The van der Waals surface area contributed by atoms with Crippen molar-refractivity contribution in [2.24, 2.45) is 5.92 Å². The fourth-order valence-electron chi connectivity index (χ4n) is 2.74. The van der Waals surface area contributed by atoms with Crippen molar-refractivity contribution >= 4 is 45.6 Å². The van der Waals surface area contributed by atoms with E-state index in [0.29, 0.717) is 45.4 Å². The molecule has 0 fully saturated rings. The Hall–Kier alpha value is -2.75. The van der Waals surface area contributed by atoms with Crippen molar-refractivity contribution in [1.82, 2.24) is 19.9 Å². The average Bonchev–Trinajstić information content (AvgIpc) is 2.95. The van der Waals surface area contributed by atoms with Gasteiger partial charge in [-0.05, 0) is 19.3 Å². The van der Waals surface area contributed by atoms with E-state index in [-0.39, 0.29) is 17.9 Å². The lowest BCUT2D eigenvalue weighted by Gasteiger charge is -2.27. The highest BCUT2D eigenvalue weighted by Gasteiger charge is 2.29. The largest absolute Gasteiger partial charge is 0.356 e. The molecule has 0 aromatic carbocycles. The molecule has 0 aliphatic carbocycles. The molecular weight excluding hydrogens is 366 g/mol. The van der Waals surface area contributed by atoms with E-state index in [2.05, 4.69) is 44.7 Å². The first kappa shape index (κ1) is 19.0. The average molecular weight is 389 g/mol. The van der Waals surface area contributed by atoms with Crippen LogP contribution in [0, 0.1) is 12.8 Å². The minimum Gasteiger partial charge on any atom is -0.356 e. The topological polar surface area (TPSA) is 112 Å². The first-order chi connectivity index (χ1) is 12.8. The van der Waals surface area contributed by atoms with Crippen LogP contribution in [0.2, 0.25) is 0 Å². The molecule has 10 heteroatoms. The number of nitrogens with zero attached hydrogens (tertiary/aromatic N) is 4. The van der Waals surface area contributed by atoms with Gasteiger partial charge in [0.05, 0.1) is 5.69 Å². The maximum Gasteiger partial charge on any atom is 0.265 e. The van der Waals surface area contributed by atoms with Crippen LogP contribution in [0.15, 0.2) is 6.33 Å². The van der Waals surface area contributed by atoms with Crippen LogP contribution < -0.4 is 16.0 Å². The van der Waals surface area contributed by atoms with Crippen LogP contribution in [-0.4, -0.2) is 51.8 Å². The Morgan fingerprint density at radius 2 is 2.11 bits per heavy atom. The van der Waals surface area contributed by atoms with E-state index in [1.807, 2.05) is 0 Å². The number of thiazole rings is 1. The molecule has 2 aromatic heterocycles. The third kappa shape index (κ3) is 4.00. The van der Waals surface area contributed by atoms with Crippen molar-refractivity contribution < 1.29 is 9.59 Å². The highest BCUT2D eigenvalue weighted by molar-refractivity contribution is 7.17. The van der Waals surface area contributed by atoms with Crippen molar-refractivity contribution in [1.29, 1.82) is 0 Å². The Balaban J connectivity index is 1.85. The van der Waals surface area contributed by atoms with E-state index in [4.69, 9.17) is 0 Å². The van der Waals surface area contributed by atoms with E-state index < -0.39 is 0 Å². The first-order valence-electron chi connectivity index (χ1n) is 8.64. The number of amides is 2. The molecule has 3 N–H and O–H groups in total. The monoisotopic (exact) mass is 389 g/mol. The van der Waals surface area contributed by atoms with Gasteiger partial charge in [-0.25, -0.2) is 15.0 Å². The summed E-state index contributed by atoms with van der Waals surface area (Å²) in [6.45, 7) is 5.91. The predicted molar refractivity (Wildman–Crippen MR) is 106 cm³/mol. The molecule has 0 bridgehead atoms. The number of carbonyl (C=O) groups excluding carboxylic acids is 2. The van der Waals surface area contributed by atoms with Crippen LogP contribution in [-0.2, 0) is 4.79 Å². The molecule has 1 atom stereocenters. The number of fused-ring (bicyclic) bond motifs is 1. The zero-order chi connectivity index (χ0) is 19.7. The smallest absolute Gasteiger partial charge is 0.265 e. The third-order valence-corrected chi connectivity index (χ3v) is 5.11. The molecule has 2 amide bonds. The quantitative estimate of drug-likeness (QED) is 0.720. The number of aryl methyl sites for hydroxylation is 1. The van der Waals surface area contributed by atoms with Gasteiger partial charge in [0.2, 0.25) is 5.91 Å². The number of nitrogens with one attached hydrogen (secondary N) is 3. The summed E-state index contributed by atoms with van der Waals surface area (Å²) >= 11 is 1.24. The van der Waals surface area contributed by atoms with Gasteiger partial charge in [-0.3, -0.25) is 9.59 Å². The second kappa shape index (κ2) is 7.47. The SMILES string of the molecule is Cc1nc(Nc2ncnc3c2NC(=O)C(CC(C)C)N3)sc1C(=O)N(C)C. The number of anilines is 4. The number of hydrogen-bond donors (Lipinski definition) is 3. The summed E-state index contributed by atoms with van der Waals surface area (Å²) in [6.07, 6.45) is 2.13. The standard InChI is InChI=1S/C17H23N7O2S/c1-8(2)6-10-15(25)22-11-13(21-10)18-7-19-14(11)23-17-20-9(3)12(27-17)16(26)24(4)5/h7-8,10H,6H2,1-5H3,(H,22,25)(H2,18,19,20,21,23). The fraction of sp³-hybridized carbons (Fsp3) is 0.471. The van der Waals surface area contributed by atoms with E-state index >= 15 is 0 Å². The minimum atomic E-state index is -0.327. The molecule has 1 aliphatic heterocycles. The Labute approximate surface area is 161 Å². The van der Waals surface area contributed by atoms with Crippen molar-refractivity contribution in [3.05, 3.63) is 16.9 Å². The van der Waals surface area contributed by atoms with Crippen molar-refractivity contribution in [3.63, 3.8) is 0 Å². The van der Waals surface area contributed by atoms with E-state index in [1.165, 1.54) is 22.6 Å². The summed E-state index contributed by atoms with van der Waals surface area (Å²) in [5.41, 5.74) is 1.12. The molecule has 9 nitrogen and oxygen atoms in total. The third-order valence-electron chi connectivity index (χ3n) is 4.05. The van der Waals surface area contributed by atoms with Crippen LogP contribution in [0.1, 0.15) is 35.6 Å². The summed E-state index contributed by atoms with van der Waals surface area (Å²) in [7, 11) is 3.40. The van der Waals surface area contributed by atoms with Gasteiger partial charge in [0.1, 0.15) is 22.9 Å². The Bertz CT molecular complexity index is 878. The molecule has 3 heterocycles. The van der Waals surface area contributed by atoms with Gasteiger partial charge in [-0.1, -0.05) is 25.2 Å². The van der Waals surface area contributed by atoms with Gasteiger partial charge in [0.15, 0.2) is 16.8 Å². The normalized spacial score (nSPS) is 15.8. The number of rotatable bonds is 5. The molecular formula is C17H23N7O2S. The lowest BCUT2D eigenvalue weighted by molar-refractivity contribution is -0.117. The molecule has 2 aromatic rings. The number of hydrogen-bond acceptors (Lipinski definition) is 8. The van der Waals surface area contributed by atoms with Gasteiger partial charge in [0, 0.05) is 14.1 Å². The van der Waals surface area contributed by atoms with Crippen molar-refractivity contribution in [2.45, 2.75) is 33.2 Å². The summed E-state index contributed by atoms with van der Waals surface area (Å²) in [5.74, 6) is 1.15. The van der Waals surface area contributed by atoms with Crippen molar-refractivity contribution in [2.75, 3.05) is 30.0 Å². The number of carbonyl (C=O) groups is 2. The summed E-state index contributed by atoms with van der Waals surface area (Å²) in [5, 5.41) is 9.67. The number of aromatic nitrogens is 3. The van der Waals surface area contributed by atoms with Gasteiger partial charge in [0.25, 0.3) is 5.91 Å². The summed E-state index contributed by atoms with van der Waals surface area (Å²) in [6, 6.07) is -0.327. The highest BCUT2D eigenvalue weighted by Crippen LogP contribution is 2.34. The van der Waals surface area contributed by atoms with Crippen LogP contribution >= 0.6 is 11.3 Å². The zero-order valence-electron chi connectivity index (χ0n) is 16.0. The van der Waals surface area contributed by atoms with Gasteiger partial charge in [-0.2, -0.15) is 0 Å². The van der Waals surface area contributed by atoms with Crippen LogP contribution in [0.3, 0.4) is 0 Å². The molecule has 0 radical (unpaired) electrons. The van der Waals surface area contributed by atoms with Gasteiger partial charge >= 0.3 is 0 Å². The highest BCUT2D eigenvalue weighted by atomic mass is 32.1. The Morgan fingerprint density at radius 1 is 1.37 bits per heavy atom. The van der Waals surface area contributed by atoms with Crippen molar-refractivity contribution in [3.8, 4) is 0 Å². The molecule has 0 saturated heterocycles. The van der Waals surface area contributed by atoms with Crippen LogP contribution in [0.5, 0.6) is 0 Å². The molecule has 144 valence electrons. The molecule has 0 spiro atoms. The van der Waals surface area contributed by atoms with E-state index in [9.17, 15) is 9.59 Å². The first-order valence-corrected chi connectivity index (χ1v) is 9.46. The van der Waals surface area contributed by atoms with E-state index in [0.717, 1.165) is 0 Å². The van der Waals surface area contributed by atoms with E-state index in [1.54, 1.807) is 21.0 Å². The Morgan fingerprint density at radius 3 is 2.78 bits per heavy atom. The van der Waals surface area contributed by atoms with Crippen LogP contribution in [0.25, 0.3) is 0 Å². The van der Waals surface area contributed by atoms with Gasteiger partial charge in [-0.15, -0.1) is 0 Å². The molecule has 1 aliphatic rings. The second-order valence-electron chi connectivity index (χ2n) is 7.02. The maximum atomic E-state index is 12.4. The molecule has 3 rings (SSSR count). The summed E-state index contributed by atoms with van der Waals surface area (Å²) in [4.78, 5) is 39.5. The molecule has 27 heavy (non-hydrogen) atoms. The molecule has 1 unspecified atom stereocenters. The fourth-order valence-corrected chi connectivity index (χ4v) is 3.73. The lowest BCUT2D eigenvalue weighted by atomic mass is 10.0. The maximum absolute atomic E-state index is 12.4. The minimum absolute atomic E-state index is 0.103. The Kier molecular flexibility index (Phi) is 5.26. The lowest BCUT2D eigenvalue weighted by Crippen LogP contribution is -2.40. The predicted octanol–water partition coefficient (Wildman–Crippen LogP) is 2.47. The summed E-state index contributed by atoms with van der Waals surface area (Å²) < 4.78 is 0. The second-order valence-corrected chi connectivity index (χ2v) is 8.02. The zero-order valence-corrected chi connectivity index (χ0v) is 16.8. The van der Waals surface area contributed by atoms with Gasteiger partial charge < -0.3 is 20.9 Å². The molecule has 0 saturated carbocycles.